The minimum absolute atomic E-state index is 0.269. The Bertz CT molecular complexity index is 1020. The van der Waals surface area contributed by atoms with E-state index in [0.717, 1.165) is 16.5 Å². The van der Waals surface area contributed by atoms with Crippen LogP contribution >= 0.6 is 0 Å². The van der Waals surface area contributed by atoms with E-state index in [1.54, 1.807) is 24.8 Å². The van der Waals surface area contributed by atoms with Crippen LogP contribution in [-0.2, 0) is 0 Å². The topological polar surface area (TPSA) is 51.0 Å². The summed E-state index contributed by atoms with van der Waals surface area (Å²) < 4.78 is 46.3. The Morgan fingerprint density at radius 1 is 1.04 bits per heavy atom. The first kappa shape index (κ1) is 15.3. The van der Waals surface area contributed by atoms with Gasteiger partial charge < -0.3 is 14.1 Å². The SMILES string of the molecule is FC(F)(F)Oc1cccc(-c2cnc3[nH]cc(-c4ccoc4)c3c2)c1. The lowest BCUT2D eigenvalue weighted by molar-refractivity contribution is -0.274. The van der Waals surface area contributed by atoms with Crippen molar-refractivity contribution >= 4 is 11.0 Å². The molecule has 4 nitrogen and oxygen atoms in total. The number of nitrogens with one attached hydrogen (secondary N) is 1. The number of furan rings is 1. The molecule has 4 rings (SSSR count). The lowest BCUT2D eigenvalue weighted by Gasteiger charge is -2.10. The normalized spacial score (nSPS) is 11.8. The van der Waals surface area contributed by atoms with Crippen molar-refractivity contribution in [1.29, 1.82) is 0 Å². The Morgan fingerprint density at radius 2 is 1.92 bits per heavy atom. The van der Waals surface area contributed by atoms with Crippen LogP contribution in [0.2, 0.25) is 0 Å². The lowest BCUT2D eigenvalue weighted by Crippen LogP contribution is -2.17. The van der Waals surface area contributed by atoms with Crippen LogP contribution in [0.1, 0.15) is 0 Å². The maximum atomic E-state index is 12.4. The third-order valence-electron chi connectivity index (χ3n) is 3.76. The fourth-order valence-electron chi connectivity index (χ4n) is 2.69. The molecular formula is C18H11F3N2O2. The van der Waals surface area contributed by atoms with Crippen molar-refractivity contribution in [3.63, 3.8) is 0 Å². The highest BCUT2D eigenvalue weighted by atomic mass is 19.4. The predicted molar refractivity (Wildman–Crippen MR) is 85.9 cm³/mol. The van der Waals surface area contributed by atoms with Gasteiger partial charge in [-0.2, -0.15) is 0 Å². The lowest BCUT2D eigenvalue weighted by atomic mass is 10.0. The van der Waals surface area contributed by atoms with Gasteiger partial charge in [-0.15, -0.1) is 13.2 Å². The van der Waals surface area contributed by atoms with Crippen LogP contribution in [-0.4, -0.2) is 16.3 Å². The zero-order chi connectivity index (χ0) is 17.4. The molecule has 1 N–H and O–H groups in total. The maximum Gasteiger partial charge on any atom is 0.573 e. The van der Waals surface area contributed by atoms with Gasteiger partial charge in [0.05, 0.1) is 12.5 Å². The van der Waals surface area contributed by atoms with Crippen LogP contribution in [0.5, 0.6) is 5.75 Å². The third kappa shape index (κ3) is 3.08. The van der Waals surface area contributed by atoms with Crippen LogP contribution in [0.3, 0.4) is 0 Å². The van der Waals surface area contributed by atoms with Crippen molar-refractivity contribution in [2.45, 2.75) is 6.36 Å². The van der Waals surface area contributed by atoms with Crippen molar-refractivity contribution in [2.75, 3.05) is 0 Å². The molecule has 1 aromatic carbocycles. The highest BCUT2D eigenvalue weighted by molar-refractivity contribution is 5.95. The van der Waals surface area contributed by atoms with Gasteiger partial charge in [-0.25, -0.2) is 4.98 Å². The highest BCUT2D eigenvalue weighted by Gasteiger charge is 2.31. The first-order valence-corrected chi connectivity index (χ1v) is 7.35. The number of H-pyrrole nitrogens is 1. The second-order valence-corrected chi connectivity index (χ2v) is 5.41. The molecule has 0 amide bonds. The zero-order valence-electron chi connectivity index (χ0n) is 12.7. The summed E-state index contributed by atoms with van der Waals surface area (Å²) in [5, 5.41) is 0.848. The number of alkyl halides is 3. The van der Waals surface area contributed by atoms with Crippen LogP contribution in [0.25, 0.3) is 33.3 Å². The van der Waals surface area contributed by atoms with Gasteiger partial charge in [-0.05, 0) is 29.8 Å². The molecule has 0 bridgehead atoms. The van der Waals surface area contributed by atoms with Crippen LogP contribution in [0, 0.1) is 0 Å². The molecule has 7 heteroatoms. The first-order valence-electron chi connectivity index (χ1n) is 7.35. The molecule has 126 valence electrons. The third-order valence-corrected chi connectivity index (χ3v) is 3.76. The van der Waals surface area contributed by atoms with E-state index in [-0.39, 0.29) is 5.75 Å². The van der Waals surface area contributed by atoms with E-state index >= 15 is 0 Å². The Morgan fingerprint density at radius 3 is 2.68 bits per heavy atom. The van der Waals surface area contributed by atoms with Crippen molar-refractivity contribution in [3.8, 4) is 28.0 Å². The smallest absolute Gasteiger partial charge is 0.472 e. The number of pyridine rings is 1. The Balaban J connectivity index is 1.77. The molecule has 4 aromatic rings. The number of fused-ring (bicyclic) bond motifs is 1. The van der Waals surface area contributed by atoms with Gasteiger partial charge in [0.25, 0.3) is 0 Å². The molecule has 0 saturated carbocycles. The molecule has 0 unspecified atom stereocenters. The Hall–Kier alpha value is -3.22. The Kier molecular flexibility index (Phi) is 3.49. The first-order chi connectivity index (χ1) is 12.0. The Labute approximate surface area is 139 Å². The fourth-order valence-corrected chi connectivity index (χ4v) is 2.69. The van der Waals surface area contributed by atoms with Crippen LogP contribution in [0.4, 0.5) is 13.2 Å². The number of aromatic nitrogens is 2. The van der Waals surface area contributed by atoms with E-state index in [1.807, 2.05) is 18.3 Å². The summed E-state index contributed by atoms with van der Waals surface area (Å²) in [5.74, 6) is -0.269. The standard InChI is InChI=1S/C18H11F3N2O2/c19-18(20,21)25-14-3-1-2-11(6-14)13-7-15-16(12-4-5-24-10-12)9-23-17(15)22-8-13/h1-10H,(H,22,23). The maximum absolute atomic E-state index is 12.4. The number of halogens is 3. The number of rotatable bonds is 3. The monoisotopic (exact) mass is 344 g/mol. The van der Waals surface area contributed by atoms with Crippen molar-refractivity contribution in [3.05, 3.63) is 61.3 Å². The van der Waals surface area contributed by atoms with E-state index in [4.69, 9.17) is 4.42 Å². The summed E-state index contributed by atoms with van der Waals surface area (Å²) >= 11 is 0. The minimum Gasteiger partial charge on any atom is -0.472 e. The highest BCUT2D eigenvalue weighted by Crippen LogP contribution is 2.32. The molecule has 0 atom stereocenters. The molecule has 0 aliphatic rings. The number of ether oxygens (including phenoxy) is 1. The van der Waals surface area contributed by atoms with E-state index in [0.29, 0.717) is 16.8 Å². The van der Waals surface area contributed by atoms with Gasteiger partial charge in [0, 0.05) is 34.5 Å². The summed E-state index contributed by atoms with van der Waals surface area (Å²) in [7, 11) is 0. The second kappa shape index (κ2) is 5.70. The summed E-state index contributed by atoms with van der Waals surface area (Å²) in [6.07, 6.45) is 1.88. The number of hydrogen-bond acceptors (Lipinski definition) is 3. The number of benzene rings is 1. The summed E-state index contributed by atoms with van der Waals surface area (Å²) in [5.41, 5.74) is 3.74. The average Bonchev–Trinajstić information content (AvgIpc) is 3.22. The molecule has 25 heavy (non-hydrogen) atoms. The summed E-state index contributed by atoms with van der Waals surface area (Å²) in [6.45, 7) is 0. The van der Waals surface area contributed by atoms with Gasteiger partial charge >= 0.3 is 6.36 Å². The molecule has 3 heterocycles. The van der Waals surface area contributed by atoms with Crippen molar-refractivity contribution in [1.82, 2.24) is 9.97 Å². The van der Waals surface area contributed by atoms with Gasteiger partial charge in [0.15, 0.2) is 0 Å². The summed E-state index contributed by atoms with van der Waals surface area (Å²) in [4.78, 5) is 7.41. The molecular weight excluding hydrogens is 333 g/mol. The van der Waals surface area contributed by atoms with Gasteiger partial charge in [-0.1, -0.05) is 12.1 Å². The van der Waals surface area contributed by atoms with Gasteiger partial charge in [0.1, 0.15) is 11.4 Å². The number of hydrogen-bond donors (Lipinski definition) is 1. The van der Waals surface area contributed by atoms with Crippen molar-refractivity contribution in [2.24, 2.45) is 0 Å². The number of aromatic amines is 1. The van der Waals surface area contributed by atoms with E-state index in [1.165, 1.54) is 18.2 Å². The largest absolute Gasteiger partial charge is 0.573 e. The molecule has 0 aliphatic heterocycles. The predicted octanol–water partition coefficient (Wildman–Crippen LogP) is 5.39. The minimum atomic E-state index is -4.73. The molecule has 0 saturated heterocycles. The van der Waals surface area contributed by atoms with Gasteiger partial charge in [-0.3, -0.25) is 0 Å². The summed E-state index contributed by atoms with van der Waals surface area (Å²) in [6, 6.07) is 9.50. The number of nitrogens with zero attached hydrogens (tertiary/aromatic N) is 1. The van der Waals surface area contributed by atoms with Gasteiger partial charge in [0.2, 0.25) is 0 Å². The van der Waals surface area contributed by atoms with E-state index < -0.39 is 6.36 Å². The van der Waals surface area contributed by atoms with E-state index in [9.17, 15) is 13.2 Å². The molecule has 3 aromatic heterocycles. The average molecular weight is 344 g/mol. The van der Waals surface area contributed by atoms with E-state index in [2.05, 4.69) is 14.7 Å². The molecule has 0 spiro atoms. The van der Waals surface area contributed by atoms with Crippen molar-refractivity contribution < 1.29 is 22.3 Å². The molecule has 0 radical (unpaired) electrons. The zero-order valence-corrected chi connectivity index (χ0v) is 12.7. The van der Waals surface area contributed by atoms with Crippen LogP contribution in [0.15, 0.2) is 65.7 Å². The fraction of sp³-hybridized carbons (Fsp3) is 0.0556. The quantitative estimate of drug-likeness (QED) is 0.542. The molecule has 0 fully saturated rings. The van der Waals surface area contributed by atoms with Crippen LogP contribution < -0.4 is 4.74 Å². The molecule has 0 aliphatic carbocycles. The second-order valence-electron chi connectivity index (χ2n) is 5.41.